The molecule has 0 atom stereocenters. The third kappa shape index (κ3) is 0.621. The highest BCUT2D eigenvalue weighted by Crippen LogP contribution is 2.03. The first-order chi connectivity index (χ1) is 3.70. The van der Waals surface area contributed by atoms with Crippen LogP contribution in [-0.2, 0) is 9.59 Å². The van der Waals surface area contributed by atoms with Crippen LogP contribution in [0.15, 0.2) is 11.8 Å². The van der Waals surface area contributed by atoms with E-state index in [4.69, 9.17) is 5.73 Å². The summed E-state index contributed by atoms with van der Waals surface area (Å²) in [6.07, 6.45) is 1.13. The molecule has 0 unspecified atom stereocenters. The highest BCUT2D eigenvalue weighted by Gasteiger charge is 2.17. The number of hydrogen-bond donors (Lipinski definition) is 1. The fourth-order valence-electron chi connectivity index (χ4n) is 0.565. The number of carbonyl (C=O) groups excluding carboxylic acids is 2. The molecule has 1 aliphatic rings. The molecule has 0 aliphatic heterocycles. The molecule has 0 bridgehead atoms. The largest absolute Gasteiger partial charge is 0.396 e. The maximum absolute atomic E-state index is 10.4. The summed E-state index contributed by atoms with van der Waals surface area (Å²) in [7, 11) is 0. The van der Waals surface area contributed by atoms with Crippen molar-refractivity contribution >= 4 is 11.6 Å². The Kier molecular flexibility index (Phi) is 0.901. The van der Waals surface area contributed by atoms with E-state index in [1.165, 1.54) is 6.08 Å². The van der Waals surface area contributed by atoms with Crippen molar-refractivity contribution < 1.29 is 9.59 Å². The van der Waals surface area contributed by atoms with Gasteiger partial charge in [-0.3, -0.25) is 9.59 Å². The summed E-state index contributed by atoms with van der Waals surface area (Å²) in [5.41, 5.74) is 5.15. The first-order valence-corrected chi connectivity index (χ1v) is 2.23. The molecule has 0 aromatic carbocycles. The van der Waals surface area contributed by atoms with Gasteiger partial charge in [0, 0.05) is 6.08 Å². The van der Waals surface area contributed by atoms with Crippen LogP contribution in [0.25, 0.3) is 0 Å². The lowest BCUT2D eigenvalue weighted by Crippen LogP contribution is -2.04. The molecule has 3 nitrogen and oxygen atoms in total. The maximum atomic E-state index is 10.4. The van der Waals surface area contributed by atoms with Gasteiger partial charge in [0.15, 0.2) is 11.6 Å². The lowest BCUT2D eigenvalue weighted by Gasteiger charge is -1.81. The Labute approximate surface area is 46.2 Å². The van der Waals surface area contributed by atoms with Gasteiger partial charge in [-0.1, -0.05) is 0 Å². The number of Topliss-reactive ketones (excluding diaryl/α,β-unsaturated/α-hetero) is 1. The van der Waals surface area contributed by atoms with Crippen LogP contribution in [-0.4, -0.2) is 11.6 Å². The van der Waals surface area contributed by atoms with Gasteiger partial charge >= 0.3 is 0 Å². The summed E-state index contributed by atoms with van der Waals surface area (Å²) >= 11 is 0. The van der Waals surface area contributed by atoms with Gasteiger partial charge in [0.25, 0.3) is 0 Å². The monoisotopic (exact) mass is 111 g/mol. The minimum atomic E-state index is -0.255. The molecule has 0 spiro atoms. The van der Waals surface area contributed by atoms with Gasteiger partial charge in [0.1, 0.15) is 0 Å². The van der Waals surface area contributed by atoms with Crippen molar-refractivity contribution in [1.29, 1.82) is 0 Å². The fraction of sp³-hybridized carbons (Fsp3) is 0.200. The molecule has 1 aliphatic carbocycles. The second-order valence-corrected chi connectivity index (χ2v) is 1.67. The molecule has 42 valence electrons. The van der Waals surface area contributed by atoms with E-state index in [0.29, 0.717) is 0 Å². The third-order valence-electron chi connectivity index (χ3n) is 0.973. The molecule has 0 aromatic rings. The topological polar surface area (TPSA) is 60.2 Å². The molecule has 0 saturated heterocycles. The van der Waals surface area contributed by atoms with Crippen molar-refractivity contribution in [2.75, 3.05) is 0 Å². The van der Waals surface area contributed by atoms with E-state index in [1.807, 2.05) is 0 Å². The molecule has 1 rings (SSSR count). The summed E-state index contributed by atoms with van der Waals surface area (Å²) in [5.74, 6) is -0.442. The zero-order valence-corrected chi connectivity index (χ0v) is 4.18. The van der Waals surface area contributed by atoms with Gasteiger partial charge in [-0.05, 0) is 0 Å². The number of carbonyl (C=O) groups is 2. The Morgan fingerprint density at radius 3 is 2.25 bits per heavy atom. The van der Waals surface area contributed by atoms with Gasteiger partial charge in [-0.15, -0.1) is 0 Å². The molecular formula is C5H5NO2. The van der Waals surface area contributed by atoms with Crippen molar-refractivity contribution in [1.82, 2.24) is 0 Å². The third-order valence-corrected chi connectivity index (χ3v) is 0.973. The summed E-state index contributed by atoms with van der Waals surface area (Å²) in [6, 6.07) is 0. The summed E-state index contributed by atoms with van der Waals surface area (Å²) in [5, 5.41) is 0. The minimum absolute atomic E-state index is 0.0359. The Morgan fingerprint density at radius 1 is 1.50 bits per heavy atom. The number of rotatable bonds is 0. The average Bonchev–Trinajstić information content (AvgIpc) is 1.85. The van der Waals surface area contributed by atoms with E-state index in [1.54, 1.807) is 0 Å². The van der Waals surface area contributed by atoms with E-state index < -0.39 is 0 Å². The van der Waals surface area contributed by atoms with Gasteiger partial charge in [0.05, 0.1) is 12.1 Å². The maximum Gasteiger partial charge on any atom is 0.186 e. The fourth-order valence-corrected chi connectivity index (χ4v) is 0.565. The summed E-state index contributed by atoms with van der Waals surface area (Å²) in [4.78, 5) is 20.7. The zero-order valence-electron chi connectivity index (χ0n) is 4.18. The SMILES string of the molecule is NC1=CC(=O)CC1=O. The summed E-state index contributed by atoms with van der Waals surface area (Å²) < 4.78 is 0. The van der Waals surface area contributed by atoms with Crippen LogP contribution in [0, 0.1) is 0 Å². The number of nitrogens with two attached hydrogens (primary N) is 1. The number of ketones is 2. The van der Waals surface area contributed by atoms with Crippen LogP contribution in [0.2, 0.25) is 0 Å². The van der Waals surface area contributed by atoms with E-state index >= 15 is 0 Å². The van der Waals surface area contributed by atoms with Crippen molar-refractivity contribution in [2.45, 2.75) is 6.42 Å². The molecule has 2 N–H and O–H groups in total. The standard InChI is InChI=1S/C5H5NO2/c6-4-1-3(7)2-5(4)8/h1H,2,6H2. The molecular weight excluding hydrogens is 106 g/mol. The van der Waals surface area contributed by atoms with Crippen molar-refractivity contribution in [3.63, 3.8) is 0 Å². The zero-order chi connectivity index (χ0) is 6.15. The first kappa shape index (κ1) is 5.03. The van der Waals surface area contributed by atoms with Gasteiger partial charge in [-0.2, -0.15) is 0 Å². The summed E-state index contributed by atoms with van der Waals surface area (Å²) in [6.45, 7) is 0. The second kappa shape index (κ2) is 1.43. The van der Waals surface area contributed by atoms with Gasteiger partial charge < -0.3 is 5.73 Å². The highest BCUT2D eigenvalue weighted by atomic mass is 16.2. The number of hydrogen-bond acceptors (Lipinski definition) is 3. The molecule has 0 fully saturated rings. The van der Waals surface area contributed by atoms with E-state index in [-0.39, 0.29) is 23.7 Å². The smallest absolute Gasteiger partial charge is 0.186 e. The van der Waals surface area contributed by atoms with Crippen molar-refractivity contribution in [2.24, 2.45) is 5.73 Å². The Morgan fingerprint density at radius 2 is 2.12 bits per heavy atom. The lowest BCUT2D eigenvalue weighted by atomic mass is 10.3. The van der Waals surface area contributed by atoms with E-state index in [2.05, 4.69) is 0 Å². The number of allylic oxidation sites excluding steroid dienone is 2. The van der Waals surface area contributed by atoms with Crippen LogP contribution < -0.4 is 5.73 Å². The predicted octanol–water partition coefficient (Wildman–Crippen LogP) is -0.629. The van der Waals surface area contributed by atoms with Gasteiger partial charge in [0.2, 0.25) is 0 Å². The second-order valence-electron chi connectivity index (χ2n) is 1.67. The molecule has 0 amide bonds. The van der Waals surface area contributed by atoms with Crippen molar-refractivity contribution in [3.05, 3.63) is 11.8 Å². The normalized spacial score (nSPS) is 19.2. The Balaban J connectivity index is 2.88. The van der Waals surface area contributed by atoms with Crippen LogP contribution in [0.3, 0.4) is 0 Å². The first-order valence-electron chi connectivity index (χ1n) is 2.23. The molecule has 3 heteroatoms. The molecule has 0 radical (unpaired) electrons. The molecule has 8 heavy (non-hydrogen) atoms. The van der Waals surface area contributed by atoms with Gasteiger partial charge in [-0.25, -0.2) is 0 Å². The van der Waals surface area contributed by atoms with Crippen LogP contribution >= 0.6 is 0 Å². The average molecular weight is 111 g/mol. The van der Waals surface area contributed by atoms with E-state index in [0.717, 1.165) is 0 Å². The van der Waals surface area contributed by atoms with Crippen LogP contribution in [0.1, 0.15) is 6.42 Å². The predicted molar refractivity (Wildman–Crippen MR) is 26.9 cm³/mol. The Bertz CT molecular complexity index is 181. The minimum Gasteiger partial charge on any atom is -0.396 e. The molecule has 0 saturated carbocycles. The van der Waals surface area contributed by atoms with Crippen molar-refractivity contribution in [3.8, 4) is 0 Å². The van der Waals surface area contributed by atoms with Crippen LogP contribution in [0.4, 0.5) is 0 Å². The molecule has 0 aromatic heterocycles. The molecule has 0 heterocycles. The Hall–Kier alpha value is -1.12. The lowest BCUT2D eigenvalue weighted by molar-refractivity contribution is -0.120. The van der Waals surface area contributed by atoms with E-state index in [9.17, 15) is 9.59 Å². The van der Waals surface area contributed by atoms with Crippen LogP contribution in [0.5, 0.6) is 0 Å². The quantitative estimate of drug-likeness (QED) is 0.423. The highest BCUT2D eigenvalue weighted by molar-refractivity contribution is 6.18.